The van der Waals surface area contributed by atoms with Crippen LogP contribution in [0.4, 0.5) is 5.69 Å². The number of amides is 1. The minimum Gasteiger partial charge on any atom is -0.493 e. The molecule has 1 atom stereocenters. The number of carbonyl (C=O) groups is 1. The van der Waals surface area contributed by atoms with Gasteiger partial charge >= 0.3 is 0 Å². The first-order chi connectivity index (χ1) is 16.3. The fourth-order valence-electron chi connectivity index (χ4n) is 3.61. The van der Waals surface area contributed by atoms with Gasteiger partial charge in [-0.25, -0.2) is 8.42 Å². The highest BCUT2D eigenvalue weighted by molar-refractivity contribution is 7.92. The molecule has 0 radical (unpaired) electrons. The van der Waals surface area contributed by atoms with E-state index in [0.29, 0.717) is 23.6 Å². The zero-order valence-electron chi connectivity index (χ0n) is 19.8. The van der Waals surface area contributed by atoms with Crippen LogP contribution in [0.25, 0.3) is 0 Å². The van der Waals surface area contributed by atoms with Crippen LogP contribution in [0.1, 0.15) is 30.5 Å². The van der Waals surface area contributed by atoms with E-state index >= 15 is 0 Å². The van der Waals surface area contributed by atoms with Gasteiger partial charge in [0, 0.05) is 6.07 Å². The quantitative estimate of drug-likeness (QED) is 0.461. The van der Waals surface area contributed by atoms with E-state index in [-0.39, 0.29) is 10.9 Å². The summed E-state index contributed by atoms with van der Waals surface area (Å²) in [5.41, 5.74) is 2.18. The number of hydrogen-bond acceptors (Lipinski definition) is 5. The van der Waals surface area contributed by atoms with Gasteiger partial charge in [0.1, 0.15) is 6.54 Å². The van der Waals surface area contributed by atoms with E-state index in [9.17, 15) is 13.2 Å². The molecule has 34 heavy (non-hydrogen) atoms. The standard InChI is InChI=1S/C26H30N2O5S/c1-5-23(20-9-7-6-8-10-20)27-26(29)18-28(21-13-16-24(32-3)25(17-21)33-4)34(30,31)22-14-11-19(2)12-15-22/h6-17,23H,5,18H2,1-4H3,(H,27,29). The van der Waals surface area contributed by atoms with Crippen molar-refractivity contribution in [1.29, 1.82) is 0 Å². The molecule has 1 unspecified atom stereocenters. The lowest BCUT2D eigenvalue weighted by Gasteiger charge is -2.26. The Labute approximate surface area is 201 Å². The Hall–Kier alpha value is -3.52. The maximum atomic E-state index is 13.6. The highest BCUT2D eigenvalue weighted by Gasteiger charge is 2.29. The maximum Gasteiger partial charge on any atom is 0.264 e. The van der Waals surface area contributed by atoms with Crippen LogP contribution in [-0.2, 0) is 14.8 Å². The summed E-state index contributed by atoms with van der Waals surface area (Å²) in [5, 5.41) is 2.97. The largest absolute Gasteiger partial charge is 0.493 e. The summed E-state index contributed by atoms with van der Waals surface area (Å²) < 4.78 is 39.0. The molecule has 180 valence electrons. The van der Waals surface area contributed by atoms with Crippen molar-refractivity contribution in [3.63, 3.8) is 0 Å². The molecule has 3 aromatic carbocycles. The average Bonchev–Trinajstić information content (AvgIpc) is 2.86. The lowest BCUT2D eigenvalue weighted by Crippen LogP contribution is -2.42. The second-order valence-electron chi connectivity index (χ2n) is 7.80. The predicted octanol–water partition coefficient (Wildman–Crippen LogP) is 4.48. The van der Waals surface area contributed by atoms with Crippen LogP contribution in [-0.4, -0.2) is 35.1 Å². The lowest BCUT2D eigenvalue weighted by atomic mass is 10.0. The molecule has 0 heterocycles. The molecule has 0 saturated heterocycles. The Morgan fingerprint density at radius 3 is 2.18 bits per heavy atom. The van der Waals surface area contributed by atoms with Crippen molar-refractivity contribution in [2.24, 2.45) is 0 Å². The molecular weight excluding hydrogens is 452 g/mol. The zero-order chi connectivity index (χ0) is 24.7. The number of anilines is 1. The molecule has 0 aliphatic rings. The molecule has 7 nitrogen and oxygen atoms in total. The Balaban J connectivity index is 1.98. The van der Waals surface area contributed by atoms with Crippen LogP contribution in [0.5, 0.6) is 11.5 Å². The molecule has 0 aliphatic carbocycles. The Bertz CT molecular complexity index is 1210. The van der Waals surface area contributed by atoms with Crippen molar-refractivity contribution in [2.45, 2.75) is 31.2 Å². The van der Waals surface area contributed by atoms with E-state index in [2.05, 4.69) is 5.32 Å². The van der Waals surface area contributed by atoms with Crippen LogP contribution < -0.4 is 19.1 Å². The highest BCUT2D eigenvalue weighted by atomic mass is 32.2. The van der Waals surface area contributed by atoms with Gasteiger partial charge in [0.15, 0.2) is 11.5 Å². The highest BCUT2D eigenvalue weighted by Crippen LogP contribution is 2.34. The molecular formula is C26H30N2O5S. The number of nitrogens with one attached hydrogen (secondary N) is 1. The van der Waals surface area contributed by atoms with Gasteiger partial charge in [-0.15, -0.1) is 0 Å². The molecule has 0 spiro atoms. The fourth-order valence-corrected chi connectivity index (χ4v) is 5.02. The summed E-state index contributed by atoms with van der Waals surface area (Å²) in [6.07, 6.45) is 0.664. The number of methoxy groups -OCH3 is 2. The molecule has 0 bridgehead atoms. The van der Waals surface area contributed by atoms with Crippen LogP contribution in [0, 0.1) is 6.92 Å². The van der Waals surface area contributed by atoms with E-state index in [4.69, 9.17) is 9.47 Å². The smallest absolute Gasteiger partial charge is 0.264 e. The number of nitrogens with zero attached hydrogens (tertiary/aromatic N) is 1. The van der Waals surface area contributed by atoms with Crippen LogP contribution in [0.3, 0.4) is 0 Å². The van der Waals surface area contributed by atoms with E-state index in [1.807, 2.05) is 44.2 Å². The van der Waals surface area contributed by atoms with Gasteiger partial charge in [-0.2, -0.15) is 0 Å². The predicted molar refractivity (Wildman–Crippen MR) is 133 cm³/mol. The number of hydrogen-bond donors (Lipinski definition) is 1. The molecule has 0 aliphatic heterocycles. The van der Waals surface area contributed by atoms with Gasteiger partial charge < -0.3 is 14.8 Å². The van der Waals surface area contributed by atoms with Crippen LogP contribution in [0.15, 0.2) is 77.7 Å². The molecule has 0 fully saturated rings. The number of sulfonamides is 1. The van der Waals surface area contributed by atoms with Crippen LogP contribution >= 0.6 is 0 Å². The first-order valence-electron chi connectivity index (χ1n) is 11.0. The van der Waals surface area contributed by atoms with E-state index < -0.39 is 22.5 Å². The Morgan fingerprint density at radius 1 is 0.941 bits per heavy atom. The van der Waals surface area contributed by atoms with Crippen molar-refractivity contribution in [1.82, 2.24) is 5.32 Å². The summed E-state index contributed by atoms with van der Waals surface area (Å²) in [7, 11) is -1.07. The molecule has 3 rings (SSSR count). The van der Waals surface area contributed by atoms with Crippen LogP contribution in [0.2, 0.25) is 0 Å². The maximum absolute atomic E-state index is 13.6. The topological polar surface area (TPSA) is 84.9 Å². The number of ether oxygens (including phenoxy) is 2. The van der Waals surface area contributed by atoms with E-state index in [1.165, 1.54) is 26.4 Å². The molecule has 8 heteroatoms. The molecule has 1 N–H and O–H groups in total. The van der Waals surface area contributed by atoms with Crippen molar-refractivity contribution in [3.05, 3.63) is 83.9 Å². The van der Waals surface area contributed by atoms with Crippen molar-refractivity contribution < 1.29 is 22.7 Å². The minimum atomic E-state index is -4.04. The number of rotatable bonds is 10. The number of carbonyl (C=O) groups excluding carboxylic acids is 1. The van der Waals surface area contributed by atoms with Gasteiger partial charge in [-0.05, 0) is 43.2 Å². The van der Waals surface area contributed by atoms with Gasteiger partial charge in [0.2, 0.25) is 5.91 Å². The van der Waals surface area contributed by atoms with E-state index in [0.717, 1.165) is 15.4 Å². The van der Waals surface area contributed by atoms with Crippen molar-refractivity contribution >= 4 is 21.6 Å². The summed E-state index contributed by atoms with van der Waals surface area (Å²) in [6.45, 7) is 3.45. The lowest BCUT2D eigenvalue weighted by molar-refractivity contribution is -0.120. The fraction of sp³-hybridized carbons (Fsp3) is 0.269. The molecule has 3 aromatic rings. The van der Waals surface area contributed by atoms with Gasteiger partial charge in [-0.3, -0.25) is 9.10 Å². The van der Waals surface area contributed by atoms with E-state index in [1.54, 1.807) is 30.3 Å². The summed E-state index contributed by atoms with van der Waals surface area (Å²) >= 11 is 0. The SMILES string of the molecule is CCC(NC(=O)CN(c1ccc(OC)c(OC)c1)S(=O)(=O)c1ccc(C)cc1)c1ccccc1. The monoisotopic (exact) mass is 482 g/mol. The first kappa shape index (κ1) is 25.1. The Kier molecular flexibility index (Phi) is 8.17. The van der Waals surface area contributed by atoms with Crippen molar-refractivity contribution in [2.75, 3.05) is 25.1 Å². The third kappa shape index (κ3) is 5.69. The van der Waals surface area contributed by atoms with Gasteiger partial charge in [-0.1, -0.05) is 55.0 Å². The molecule has 0 saturated carbocycles. The summed E-state index contributed by atoms with van der Waals surface area (Å²) in [5.74, 6) is 0.403. The summed E-state index contributed by atoms with van der Waals surface area (Å²) in [6, 6.07) is 20.6. The summed E-state index contributed by atoms with van der Waals surface area (Å²) in [4.78, 5) is 13.2. The first-order valence-corrected chi connectivity index (χ1v) is 12.4. The second-order valence-corrected chi connectivity index (χ2v) is 9.67. The molecule has 0 aromatic heterocycles. The third-order valence-electron chi connectivity index (χ3n) is 5.50. The number of aryl methyl sites for hydroxylation is 1. The minimum absolute atomic E-state index is 0.0933. The number of benzene rings is 3. The molecule has 1 amide bonds. The normalized spacial score (nSPS) is 12.0. The van der Waals surface area contributed by atoms with Gasteiger partial charge in [0.05, 0.1) is 30.8 Å². The average molecular weight is 483 g/mol. The Morgan fingerprint density at radius 2 is 1.59 bits per heavy atom. The third-order valence-corrected chi connectivity index (χ3v) is 7.28. The van der Waals surface area contributed by atoms with Gasteiger partial charge in [0.25, 0.3) is 10.0 Å². The zero-order valence-corrected chi connectivity index (χ0v) is 20.6. The second kappa shape index (κ2) is 11.1. The van der Waals surface area contributed by atoms with Crippen molar-refractivity contribution in [3.8, 4) is 11.5 Å².